The molecule has 0 saturated carbocycles. The molecule has 1 unspecified atom stereocenters. The highest BCUT2D eigenvalue weighted by Crippen LogP contribution is 2.15. The second kappa shape index (κ2) is 7.24. The number of hydrogen-bond acceptors (Lipinski definition) is 1. The van der Waals surface area contributed by atoms with E-state index in [1.54, 1.807) is 0 Å². The van der Waals surface area contributed by atoms with E-state index in [0.29, 0.717) is 6.04 Å². The summed E-state index contributed by atoms with van der Waals surface area (Å²) in [4.78, 5) is 2.56. The summed E-state index contributed by atoms with van der Waals surface area (Å²) in [5, 5.41) is 0. The molecule has 1 saturated heterocycles. The zero-order valence-electron chi connectivity index (χ0n) is 11.4. The van der Waals surface area contributed by atoms with E-state index in [1.807, 2.05) is 6.07 Å². The molecule has 1 aliphatic rings. The molecule has 1 nitrogen and oxygen atoms in total. The predicted octanol–water partition coefficient (Wildman–Crippen LogP) is 3.69. The average molecular weight is 241 g/mol. The topological polar surface area (TPSA) is 3.24 Å². The van der Waals surface area contributed by atoms with Crippen molar-refractivity contribution >= 4 is 0 Å². The molecule has 1 heteroatoms. The van der Waals surface area contributed by atoms with Crippen molar-refractivity contribution < 1.29 is 0 Å². The Morgan fingerprint density at radius 1 is 1.17 bits per heavy atom. The maximum Gasteiger partial charge on any atom is 0.0718 e. The van der Waals surface area contributed by atoms with Gasteiger partial charge in [-0.2, -0.15) is 0 Å². The molecule has 1 heterocycles. The summed E-state index contributed by atoms with van der Waals surface area (Å²) in [6.07, 6.45) is 6.45. The van der Waals surface area contributed by atoms with E-state index in [0.717, 1.165) is 5.56 Å². The maximum atomic E-state index is 3.49. The van der Waals surface area contributed by atoms with Gasteiger partial charge in [0, 0.05) is 5.56 Å². The predicted molar refractivity (Wildman–Crippen MR) is 77.4 cm³/mol. The van der Waals surface area contributed by atoms with Crippen LogP contribution in [0.5, 0.6) is 0 Å². The highest BCUT2D eigenvalue weighted by Gasteiger charge is 2.19. The third kappa shape index (κ3) is 3.89. The Kier molecular flexibility index (Phi) is 5.30. The van der Waals surface area contributed by atoms with E-state index in [2.05, 4.69) is 47.9 Å². The molecule has 0 spiro atoms. The molecule has 0 bridgehead atoms. The van der Waals surface area contributed by atoms with Crippen LogP contribution in [0.1, 0.15) is 44.6 Å². The molecule has 0 amide bonds. The molecule has 0 aliphatic carbocycles. The van der Waals surface area contributed by atoms with Gasteiger partial charge in [0.25, 0.3) is 0 Å². The van der Waals surface area contributed by atoms with Crippen LogP contribution >= 0.6 is 0 Å². The Morgan fingerprint density at radius 2 is 1.89 bits per heavy atom. The van der Waals surface area contributed by atoms with Crippen molar-refractivity contribution in [3.8, 4) is 11.8 Å². The zero-order valence-corrected chi connectivity index (χ0v) is 11.4. The molecular formula is C17H23N. The van der Waals surface area contributed by atoms with Crippen LogP contribution in [0.25, 0.3) is 0 Å². The van der Waals surface area contributed by atoms with Crippen LogP contribution in [0.3, 0.4) is 0 Å². The third-order valence-electron chi connectivity index (χ3n) is 3.57. The Bertz CT molecular complexity index is 393. The van der Waals surface area contributed by atoms with Gasteiger partial charge in [0.2, 0.25) is 0 Å². The van der Waals surface area contributed by atoms with Crippen LogP contribution in [0.2, 0.25) is 0 Å². The number of benzene rings is 1. The monoisotopic (exact) mass is 241 g/mol. The lowest BCUT2D eigenvalue weighted by Crippen LogP contribution is -2.31. The van der Waals surface area contributed by atoms with Gasteiger partial charge in [0.05, 0.1) is 6.04 Å². The van der Waals surface area contributed by atoms with Crippen LogP contribution < -0.4 is 0 Å². The first-order valence-electron chi connectivity index (χ1n) is 7.21. The average Bonchev–Trinajstić information content (AvgIpc) is 2.94. The first kappa shape index (κ1) is 13.2. The van der Waals surface area contributed by atoms with Gasteiger partial charge < -0.3 is 0 Å². The summed E-state index contributed by atoms with van der Waals surface area (Å²) >= 11 is 0. The van der Waals surface area contributed by atoms with Crippen LogP contribution in [0.4, 0.5) is 0 Å². The van der Waals surface area contributed by atoms with Crippen molar-refractivity contribution in [1.29, 1.82) is 0 Å². The fourth-order valence-corrected chi connectivity index (χ4v) is 2.48. The largest absolute Gasteiger partial charge is 0.290 e. The summed E-state index contributed by atoms with van der Waals surface area (Å²) in [5.74, 6) is 6.83. The van der Waals surface area contributed by atoms with E-state index < -0.39 is 0 Å². The Balaban J connectivity index is 2.02. The number of likely N-dealkylation sites (tertiary alicyclic amines) is 1. The van der Waals surface area contributed by atoms with E-state index in [9.17, 15) is 0 Å². The maximum absolute atomic E-state index is 3.49. The summed E-state index contributed by atoms with van der Waals surface area (Å²) in [6, 6.07) is 10.8. The number of hydrogen-bond donors (Lipinski definition) is 0. The SMILES string of the molecule is CCCCC(C#Cc1ccccc1)N1CCCC1. The molecule has 0 aromatic heterocycles. The Morgan fingerprint density at radius 3 is 2.56 bits per heavy atom. The van der Waals surface area contributed by atoms with Crippen LogP contribution in [0, 0.1) is 11.8 Å². The third-order valence-corrected chi connectivity index (χ3v) is 3.57. The van der Waals surface area contributed by atoms with Crippen molar-refractivity contribution in [1.82, 2.24) is 4.90 Å². The molecule has 18 heavy (non-hydrogen) atoms. The van der Waals surface area contributed by atoms with Crippen LogP contribution in [0.15, 0.2) is 30.3 Å². The van der Waals surface area contributed by atoms with E-state index in [1.165, 1.54) is 45.2 Å². The fourth-order valence-electron chi connectivity index (χ4n) is 2.48. The number of rotatable bonds is 4. The summed E-state index contributed by atoms with van der Waals surface area (Å²) in [7, 11) is 0. The van der Waals surface area contributed by atoms with E-state index in [4.69, 9.17) is 0 Å². The molecule has 96 valence electrons. The van der Waals surface area contributed by atoms with Crippen LogP contribution in [-0.4, -0.2) is 24.0 Å². The summed E-state index contributed by atoms with van der Waals surface area (Å²) in [5.41, 5.74) is 1.14. The molecule has 1 fully saturated rings. The van der Waals surface area contributed by atoms with E-state index >= 15 is 0 Å². The van der Waals surface area contributed by atoms with Gasteiger partial charge in [-0.05, 0) is 44.5 Å². The van der Waals surface area contributed by atoms with Crippen molar-refractivity contribution in [2.24, 2.45) is 0 Å². The molecule has 0 radical (unpaired) electrons. The summed E-state index contributed by atoms with van der Waals surface area (Å²) < 4.78 is 0. The van der Waals surface area contributed by atoms with Crippen LogP contribution in [-0.2, 0) is 0 Å². The zero-order chi connectivity index (χ0) is 12.6. The normalized spacial score (nSPS) is 17.2. The van der Waals surface area contributed by atoms with Crippen molar-refractivity contribution in [2.75, 3.05) is 13.1 Å². The van der Waals surface area contributed by atoms with Gasteiger partial charge in [-0.1, -0.05) is 49.8 Å². The first-order valence-corrected chi connectivity index (χ1v) is 7.21. The smallest absolute Gasteiger partial charge is 0.0718 e. The first-order chi connectivity index (χ1) is 8.90. The minimum absolute atomic E-state index is 0.465. The van der Waals surface area contributed by atoms with Gasteiger partial charge >= 0.3 is 0 Å². The summed E-state index contributed by atoms with van der Waals surface area (Å²) in [6.45, 7) is 4.72. The highest BCUT2D eigenvalue weighted by atomic mass is 15.2. The molecule has 1 aromatic carbocycles. The van der Waals surface area contributed by atoms with Crippen molar-refractivity contribution in [2.45, 2.75) is 45.1 Å². The van der Waals surface area contributed by atoms with Crippen molar-refractivity contribution in [3.05, 3.63) is 35.9 Å². The van der Waals surface area contributed by atoms with Gasteiger partial charge in [-0.15, -0.1) is 0 Å². The Labute approximate surface area is 111 Å². The lowest BCUT2D eigenvalue weighted by Gasteiger charge is -2.22. The number of unbranched alkanes of at least 4 members (excludes halogenated alkanes) is 1. The molecule has 0 N–H and O–H groups in total. The molecule has 2 rings (SSSR count). The van der Waals surface area contributed by atoms with E-state index in [-0.39, 0.29) is 0 Å². The highest BCUT2D eigenvalue weighted by molar-refractivity contribution is 5.34. The minimum atomic E-state index is 0.465. The number of nitrogens with zero attached hydrogens (tertiary/aromatic N) is 1. The molecular weight excluding hydrogens is 218 g/mol. The lowest BCUT2D eigenvalue weighted by molar-refractivity contribution is 0.276. The molecule has 1 atom stereocenters. The fraction of sp³-hybridized carbons (Fsp3) is 0.529. The van der Waals surface area contributed by atoms with Gasteiger partial charge in [0.15, 0.2) is 0 Å². The molecule has 1 aromatic rings. The second-order valence-electron chi connectivity index (χ2n) is 5.04. The van der Waals surface area contributed by atoms with Crippen molar-refractivity contribution in [3.63, 3.8) is 0 Å². The van der Waals surface area contributed by atoms with Gasteiger partial charge in [-0.25, -0.2) is 0 Å². The quantitative estimate of drug-likeness (QED) is 0.727. The minimum Gasteiger partial charge on any atom is -0.290 e. The molecule has 1 aliphatic heterocycles. The standard InChI is InChI=1S/C17H23N/c1-2-3-11-17(18-14-7-8-15-18)13-12-16-9-5-4-6-10-16/h4-6,9-10,17H,2-3,7-8,11,14-15H2,1H3. The lowest BCUT2D eigenvalue weighted by atomic mass is 10.1. The Hall–Kier alpha value is -1.26. The second-order valence-corrected chi connectivity index (χ2v) is 5.04. The van der Waals surface area contributed by atoms with Gasteiger partial charge in [0.1, 0.15) is 0 Å². The van der Waals surface area contributed by atoms with Gasteiger partial charge in [-0.3, -0.25) is 4.90 Å².